The van der Waals surface area contributed by atoms with Crippen LogP contribution in [0.5, 0.6) is 0 Å². The Labute approximate surface area is 162 Å². The number of likely N-dealkylation sites (tertiary alicyclic amines) is 1. The zero-order chi connectivity index (χ0) is 19.8. The number of nitrogens with zero attached hydrogens (tertiary/aromatic N) is 2. The number of carbonyl (C=O) groups is 2. The van der Waals surface area contributed by atoms with Crippen LogP contribution in [0.2, 0.25) is 5.02 Å². The molecule has 2 saturated heterocycles. The lowest BCUT2D eigenvalue weighted by atomic mass is 10.1. The molecule has 0 saturated carbocycles. The van der Waals surface area contributed by atoms with Gasteiger partial charge in [-0.15, -0.1) is 0 Å². The smallest absolute Gasteiger partial charge is 0.408 e. The third kappa shape index (κ3) is 3.84. The summed E-state index contributed by atoms with van der Waals surface area (Å²) in [5.41, 5.74) is 0.848. The number of piperidine rings is 1. The van der Waals surface area contributed by atoms with E-state index in [9.17, 15) is 23.1 Å². The van der Waals surface area contributed by atoms with Gasteiger partial charge in [0, 0.05) is 25.3 Å². The second kappa shape index (κ2) is 7.55. The molecule has 1 aromatic rings. The largest absolute Gasteiger partial charge is 0.480 e. The molecular formula is C17H21ClN2O6S. The molecule has 0 bridgehead atoms. The van der Waals surface area contributed by atoms with Crippen molar-refractivity contribution in [1.82, 2.24) is 4.90 Å². The molecule has 2 aliphatic rings. The van der Waals surface area contributed by atoms with Crippen LogP contribution in [0.1, 0.15) is 25.7 Å². The number of anilines is 1. The first-order valence-electron chi connectivity index (χ1n) is 8.72. The van der Waals surface area contributed by atoms with E-state index in [-0.39, 0.29) is 16.3 Å². The van der Waals surface area contributed by atoms with Gasteiger partial charge in [0.1, 0.15) is 6.04 Å². The van der Waals surface area contributed by atoms with Gasteiger partial charge >= 0.3 is 12.1 Å². The molecule has 148 valence electrons. The van der Waals surface area contributed by atoms with Gasteiger partial charge in [-0.3, -0.25) is 4.90 Å². The van der Waals surface area contributed by atoms with E-state index < -0.39 is 39.7 Å². The number of carboxylic acid groups (broad SMARTS) is 2. The number of carboxylic acids is 1. The maximum absolute atomic E-state index is 13.0. The minimum Gasteiger partial charge on any atom is -0.480 e. The van der Waals surface area contributed by atoms with E-state index in [4.69, 9.17) is 16.7 Å². The predicted octanol–water partition coefficient (Wildman–Crippen LogP) is 2.31. The lowest BCUT2D eigenvalue weighted by Gasteiger charge is -2.29. The predicted molar refractivity (Wildman–Crippen MR) is 99.3 cm³/mol. The number of benzene rings is 1. The van der Waals surface area contributed by atoms with E-state index in [2.05, 4.69) is 4.90 Å². The Kier molecular flexibility index (Phi) is 5.53. The molecule has 3 rings (SSSR count). The third-order valence-electron chi connectivity index (χ3n) is 5.18. The van der Waals surface area contributed by atoms with Crippen molar-refractivity contribution in [3.63, 3.8) is 0 Å². The Hall–Kier alpha value is -2.00. The second-order valence-corrected chi connectivity index (χ2v) is 9.46. The average molecular weight is 417 g/mol. The molecule has 8 nitrogen and oxygen atoms in total. The highest BCUT2D eigenvalue weighted by Crippen LogP contribution is 2.34. The van der Waals surface area contributed by atoms with Gasteiger partial charge in [-0.05, 0) is 43.9 Å². The molecule has 0 unspecified atom stereocenters. The molecule has 2 N–H and O–H groups in total. The van der Waals surface area contributed by atoms with Crippen LogP contribution in [0.25, 0.3) is 0 Å². The Morgan fingerprint density at radius 3 is 2.30 bits per heavy atom. The number of rotatable bonds is 4. The van der Waals surface area contributed by atoms with Crippen molar-refractivity contribution in [2.45, 2.75) is 41.9 Å². The van der Waals surface area contributed by atoms with Crippen LogP contribution in [0.4, 0.5) is 10.5 Å². The molecule has 1 aromatic carbocycles. The molecule has 2 fully saturated rings. The molecule has 2 aliphatic heterocycles. The highest BCUT2D eigenvalue weighted by molar-refractivity contribution is 7.92. The fraction of sp³-hybridized carbons (Fsp3) is 0.529. The molecular weight excluding hydrogens is 396 g/mol. The molecule has 10 heteroatoms. The molecule has 0 aliphatic carbocycles. The van der Waals surface area contributed by atoms with E-state index in [0.717, 1.165) is 31.6 Å². The average Bonchev–Trinajstić information content (AvgIpc) is 3.09. The van der Waals surface area contributed by atoms with E-state index >= 15 is 0 Å². The van der Waals surface area contributed by atoms with Crippen molar-refractivity contribution >= 4 is 39.2 Å². The van der Waals surface area contributed by atoms with Crippen LogP contribution in [0, 0.1) is 0 Å². The van der Waals surface area contributed by atoms with Gasteiger partial charge in [-0.2, -0.15) is 0 Å². The van der Waals surface area contributed by atoms with Crippen molar-refractivity contribution in [2.24, 2.45) is 0 Å². The van der Waals surface area contributed by atoms with Gasteiger partial charge in [0.15, 0.2) is 9.84 Å². The minimum absolute atomic E-state index is 0.0683. The number of halogens is 1. The van der Waals surface area contributed by atoms with Crippen LogP contribution < -0.4 is 4.90 Å². The summed E-state index contributed by atoms with van der Waals surface area (Å²) in [4.78, 5) is 25.2. The normalized spacial score (nSPS) is 23.4. The molecule has 0 aromatic heterocycles. The van der Waals surface area contributed by atoms with Crippen LogP contribution in [0.15, 0.2) is 23.1 Å². The van der Waals surface area contributed by atoms with Crippen molar-refractivity contribution < 1.29 is 28.2 Å². The van der Waals surface area contributed by atoms with Crippen molar-refractivity contribution in [3.8, 4) is 0 Å². The summed E-state index contributed by atoms with van der Waals surface area (Å²) in [7, 11) is -3.97. The first-order valence-corrected chi connectivity index (χ1v) is 10.6. The Morgan fingerprint density at radius 1 is 1.11 bits per heavy atom. The maximum Gasteiger partial charge on any atom is 0.408 e. The molecule has 1 amide bonds. The van der Waals surface area contributed by atoms with E-state index in [1.165, 1.54) is 12.5 Å². The summed E-state index contributed by atoms with van der Waals surface area (Å²) in [6.07, 6.45) is 1.56. The minimum atomic E-state index is -3.97. The SMILES string of the molecule is O=C(O)[C@@H]1C[C@@H](S(=O)(=O)c2ccc(N3CCCCC3)cc2Cl)CN1C(=O)O. The number of aliphatic carboxylic acids is 1. The molecule has 2 atom stereocenters. The molecule has 2 heterocycles. The molecule has 27 heavy (non-hydrogen) atoms. The van der Waals surface area contributed by atoms with E-state index in [0.29, 0.717) is 4.90 Å². The lowest BCUT2D eigenvalue weighted by molar-refractivity contribution is -0.141. The van der Waals surface area contributed by atoms with Crippen LogP contribution >= 0.6 is 11.6 Å². The van der Waals surface area contributed by atoms with Gasteiger partial charge in [0.2, 0.25) is 0 Å². The first-order chi connectivity index (χ1) is 12.7. The number of amides is 1. The van der Waals surface area contributed by atoms with Crippen molar-refractivity contribution in [1.29, 1.82) is 0 Å². The number of hydrogen-bond acceptors (Lipinski definition) is 5. The highest BCUT2D eigenvalue weighted by atomic mass is 35.5. The number of sulfone groups is 1. The molecule has 0 spiro atoms. The van der Waals surface area contributed by atoms with E-state index in [1.54, 1.807) is 12.1 Å². The van der Waals surface area contributed by atoms with Crippen molar-refractivity contribution in [3.05, 3.63) is 23.2 Å². The Balaban J connectivity index is 1.86. The van der Waals surface area contributed by atoms with Gasteiger partial charge in [0.05, 0.1) is 15.2 Å². The standard InChI is InChI=1S/C17H21ClN2O6S/c18-13-8-11(19-6-2-1-3-7-19)4-5-15(13)27(25,26)12-9-14(16(21)22)20(10-12)17(23)24/h4-5,8,12,14H,1-3,6-7,9-10H2,(H,21,22)(H,23,24)/t12-,14+/m1/s1. The zero-order valence-corrected chi connectivity index (χ0v) is 16.1. The van der Waals surface area contributed by atoms with Crippen LogP contribution in [0.3, 0.4) is 0 Å². The summed E-state index contributed by atoms with van der Waals surface area (Å²) in [6.45, 7) is 1.39. The monoisotopic (exact) mass is 416 g/mol. The van der Waals surface area contributed by atoms with E-state index in [1.807, 2.05) is 0 Å². The fourth-order valence-electron chi connectivity index (χ4n) is 3.72. The molecule has 0 radical (unpaired) electrons. The summed E-state index contributed by atoms with van der Waals surface area (Å²) < 4.78 is 25.9. The van der Waals surface area contributed by atoms with Gasteiger partial charge < -0.3 is 15.1 Å². The van der Waals surface area contributed by atoms with Crippen molar-refractivity contribution in [2.75, 3.05) is 24.5 Å². The summed E-state index contributed by atoms with van der Waals surface area (Å²) in [6, 6.07) is 3.36. The quantitative estimate of drug-likeness (QED) is 0.773. The van der Waals surface area contributed by atoms with Gasteiger partial charge in [-0.1, -0.05) is 11.6 Å². The fourth-order valence-corrected chi connectivity index (χ4v) is 5.95. The highest BCUT2D eigenvalue weighted by Gasteiger charge is 2.46. The third-order valence-corrected chi connectivity index (χ3v) is 7.79. The van der Waals surface area contributed by atoms with Crippen LogP contribution in [-0.2, 0) is 14.6 Å². The summed E-state index contributed by atoms with van der Waals surface area (Å²) >= 11 is 6.26. The Morgan fingerprint density at radius 2 is 1.78 bits per heavy atom. The first kappa shape index (κ1) is 19.8. The Bertz CT molecular complexity index is 831. The van der Waals surface area contributed by atoms with Gasteiger partial charge in [0.25, 0.3) is 0 Å². The summed E-state index contributed by atoms with van der Waals surface area (Å²) in [5.74, 6) is -1.36. The number of hydrogen-bond donors (Lipinski definition) is 2. The topological polar surface area (TPSA) is 115 Å². The van der Waals surface area contributed by atoms with Gasteiger partial charge in [-0.25, -0.2) is 18.0 Å². The second-order valence-electron chi connectivity index (χ2n) is 6.85. The summed E-state index contributed by atoms with van der Waals surface area (Å²) in [5, 5.41) is 17.3. The lowest BCUT2D eigenvalue weighted by Crippen LogP contribution is -2.39. The van der Waals surface area contributed by atoms with Crippen LogP contribution in [-0.4, -0.2) is 66.5 Å². The zero-order valence-electron chi connectivity index (χ0n) is 14.5. The maximum atomic E-state index is 13.0.